The van der Waals surface area contributed by atoms with Gasteiger partial charge in [0.1, 0.15) is 28.4 Å². The first-order chi connectivity index (χ1) is 17.7. The van der Waals surface area contributed by atoms with Crippen LogP contribution in [0.25, 0.3) is 21.7 Å². The molecule has 1 heterocycles. The molecule has 1 N–H and O–H groups in total. The number of hydrogen-bond donors (Lipinski definition) is 1. The molecule has 0 atom stereocenters. The third kappa shape index (κ3) is 4.88. The Balaban J connectivity index is 1.61. The second-order valence-corrected chi connectivity index (χ2v) is 11.1. The normalized spacial score (nSPS) is 11.7. The largest absolute Gasteiger partial charge is 0.460 e. The first-order valence-corrected chi connectivity index (χ1v) is 13.6. The molecule has 188 valence electrons. The van der Waals surface area contributed by atoms with Gasteiger partial charge in [0.25, 0.3) is 10.0 Å². The summed E-state index contributed by atoms with van der Waals surface area (Å²) < 4.78 is 40.8. The molecule has 5 aromatic rings. The maximum absolute atomic E-state index is 13.3. The highest BCUT2D eigenvalue weighted by Crippen LogP contribution is 2.39. The van der Waals surface area contributed by atoms with Crippen molar-refractivity contribution >= 4 is 78.2 Å². The Hall–Kier alpha value is -3.23. The number of rotatable bonds is 6. The molecule has 5 rings (SSSR count). The van der Waals surface area contributed by atoms with Crippen LogP contribution in [0.15, 0.2) is 82.1 Å². The lowest BCUT2D eigenvalue weighted by Crippen LogP contribution is -2.14. The van der Waals surface area contributed by atoms with Crippen molar-refractivity contribution in [2.45, 2.75) is 18.4 Å². The Kier molecular flexibility index (Phi) is 6.81. The molecule has 0 radical (unpaired) electrons. The average Bonchev–Trinajstić information content (AvgIpc) is 3.21. The van der Waals surface area contributed by atoms with E-state index in [4.69, 9.17) is 44.0 Å². The van der Waals surface area contributed by atoms with E-state index >= 15 is 0 Å². The van der Waals surface area contributed by atoms with Gasteiger partial charge < -0.3 is 9.15 Å². The fraction of sp³-hybridized carbons (Fsp3) is 0.0741. The van der Waals surface area contributed by atoms with E-state index in [1.807, 2.05) is 30.3 Å². The number of nitrogens with one attached hydrogen (secondary N) is 1. The molecule has 0 spiro atoms. The first kappa shape index (κ1) is 25.4. The molecule has 0 saturated heterocycles. The lowest BCUT2D eigenvalue weighted by molar-refractivity contribution is 0.0473. The van der Waals surface area contributed by atoms with Crippen molar-refractivity contribution in [1.82, 2.24) is 0 Å². The van der Waals surface area contributed by atoms with Crippen LogP contribution in [0.4, 0.5) is 5.69 Å². The molecule has 0 aliphatic heterocycles. The Bertz CT molecular complexity index is 1780. The Morgan fingerprint density at radius 1 is 0.865 bits per heavy atom. The molecule has 0 saturated carbocycles. The Morgan fingerprint density at radius 3 is 2.24 bits per heavy atom. The number of furan rings is 1. The predicted molar refractivity (Wildman–Crippen MR) is 146 cm³/mol. The minimum atomic E-state index is -4.19. The van der Waals surface area contributed by atoms with Crippen LogP contribution in [0.5, 0.6) is 0 Å². The zero-order chi connectivity index (χ0) is 26.3. The lowest BCUT2D eigenvalue weighted by Gasteiger charge is -2.13. The number of halogens is 3. The summed E-state index contributed by atoms with van der Waals surface area (Å²) in [5.41, 5.74) is 1.71. The zero-order valence-corrected chi connectivity index (χ0v) is 22.3. The zero-order valence-electron chi connectivity index (χ0n) is 19.2. The van der Waals surface area contributed by atoms with E-state index in [1.54, 1.807) is 37.3 Å². The maximum atomic E-state index is 13.3. The van der Waals surface area contributed by atoms with E-state index < -0.39 is 16.0 Å². The van der Waals surface area contributed by atoms with Crippen LogP contribution in [-0.2, 0) is 21.4 Å². The van der Waals surface area contributed by atoms with Crippen LogP contribution in [-0.4, -0.2) is 14.4 Å². The summed E-state index contributed by atoms with van der Waals surface area (Å²) in [6.45, 7) is 1.74. The summed E-state index contributed by atoms with van der Waals surface area (Å²) >= 11 is 18.2. The van der Waals surface area contributed by atoms with Crippen LogP contribution < -0.4 is 4.72 Å². The summed E-state index contributed by atoms with van der Waals surface area (Å²) in [6, 6.07) is 20.4. The molecule has 0 aliphatic rings. The number of hydrogen-bond acceptors (Lipinski definition) is 5. The summed E-state index contributed by atoms with van der Waals surface area (Å²) in [4.78, 5) is 12.9. The molecule has 6 nitrogen and oxygen atoms in total. The standard InChI is InChI=1S/C27H18Cl3NO5S/c1-15-25(27(32)35-14-16-7-3-2-4-8-16)19-11-23(17-9-5-6-10-18(17)26(19)36-15)31-37(33,34)24-13-21(29)20(28)12-22(24)30/h2-13,31H,14H2,1H3. The predicted octanol–water partition coefficient (Wildman–Crippen LogP) is 8.01. The number of sulfonamides is 1. The van der Waals surface area contributed by atoms with Gasteiger partial charge in [-0.05, 0) is 30.7 Å². The second-order valence-electron chi connectivity index (χ2n) is 8.24. The fourth-order valence-corrected chi connectivity index (χ4v) is 6.15. The van der Waals surface area contributed by atoms with E-state index in [0.29, 0.717) is 27.5 Å². The lowest BCUT2D eigenvalue weighted by atomic mass is 10.0. The van der Waals surface area contributed by atoms with Crippen molar-refractivity contribution in [2.24, 2.45) is 0 Å². The third-order valence-electron chi connectivity index (χ3n) is 5.80. The van der Waals surface area contributed by atoms with Crippen molar-refractivity contribution in [3.8, 4) is 0 Å². The number of carbonyl (C=O) groups excluding carboxylic acids is 1. The smallest absolute Gasteiger partial charge is 0.342 e. The molecular weight excluding hydrogens is 557 g/mol. The molecule has 0 bridgehead atoms. The number of anilines is 1. The molecule has 0 aliphatic carbocycles. The molecule has 0 unspecified atom stereocenters. The van der Waals surface area contributed by atoms with Crippen molar-refractivity contribution in [2.75, 3.05) is 4.72 Å². The highest BCUT2D eigenvalue weighted by atomic mass is 35.5. The van der Waals surface area contributed by atoms with Gasteiger partial charge in [-0.2, -0.15) is 0 Å². The van der Waals surface area contributed by atoms with Gasteiger partial charge in [0.05, 0.1) is 20.8 Å². The molecule has 0 amide bonds. The van der Waals surface area contributed by atoms with E-state index in [-0.39, 0.29) is 37.8 Å². The van der Waals surface area contributed by atoms with Crippen LogP contribution >= 0.6 is 34.8 Å². The third-order valence-corrected chi connectivity index (χ3v) is 8.35. The van der Waals surface area contributed by atoms with E-state index in [0.717, 1.165) is 5.56 Å². The molecule has 4 aromatic carbocycles. The highest BCUT2D eigenvalue weighted by molar-refractivity contribution is 7.92. The molecule has 37 heavy (non-hydrogen) atoms. The number of fused-ring (bicyclic) bond motifs is 3. The van der Waals surface area contributed by atoms with Gasteiger partial charge in [-0.15, -0.1) is 0 Å². The topological polar surface area (TPSA) is 85.6 Å². The van der Waals surface area contributed by atoms with Crippen LogP contribution in [0.3, 0.4) is 0 Å². The van der Waals surface area contributed by atoms with Crippen LogP contribution in [0, 0.1) is 6.92 Å². The number of ether oxygens (including phenoxy) is 1. The molecule has 0 fully saturated rings. The number of benzene rings is 4. The summed E-state index contributed by atoms with van der Waals surface area (Å²) in [5, 5.41) is 1.67. The monoisotopic (exact) mass is 573 g/mol. The summed E-state index contributed by atoms with van der Waals surface area (Å²) in [7, 11) is -4.19. The van der Waals surface area contributed by atoms with E-state index in [9.17, 15) is 13.2 Å². The maximum Gasteiger partial charge on any atom is 0.342 e. The second kappa shape index (κ2) is 9.91. The van der Waals surface area contributed by atoms with E-state index in [2.05, 4.69) is 4.72 Å². The quantitative estimate of drug-likeness (QED) is 0.164. The molecular formula is C27H18Cl3NO5S. The van der Waals surface area contributed by atoms with Crippen molar-refractivity contribution < 1.29 is 22.4 Å². The minimum Gasteiger partial charge on any atom is -0.460 e. The first-order valence-electron chi connectivity index (χ1n) is 11.0. The molecule has 10 heteroatoms. The van der Waals surface area contributed by atoms with Crippen molar-refractivity contribution in [3.05, 3.63) is 105 Å². The number of esters is 1. The van der Waals surface area contributed by atoms with Gasteiger partial charge in [-0.3, -0.25) is 4.72 Å². The summed E-state index contributed by atoms with van der Waals surface area (Å²) in [6.07, 6.45) is 0. The van der Waals surface area contributed by atoms with Crippen molar-refractivity contribution in [3.63, 3.8) is 0 Å². The van der Waals surface area contributed by atoms with Gasteiger partial charge in [0.2, 0.25) is 0 Å². The SMILES string of the molecule is Cc1oc2c(cc(NS(=O)(=O)c3cc(Cl)c(Cl)cc3Cl)c3ccccc32)c1C(=O)OCc1ccccc1. The Labute approximate surface area is 227 Å². The van der Waals surface area contributed by atoms with Gasteiger partial charge in [-0.1, -0.05) is 89.4 Å². The van der Waals surface area contributed by atoms with Gasteiger partial charge in [0, 0.05) is 16.2 Å². The number of carbonyl (C=O) groups is 1. The van der Waals surface area contributed by atoms with Crippen molar-refractivity contribution in [1.29, 1.82) is 0 Å². The molecule has 1 aromatic heterocycles. The van der Waals surface area contributed by atoms with Gasteiger partial charge in [-0.25, -0.2) is 13.2 Å². The van der Waals surface area contributed by atoms with Gasteiger partial charge >= 0.3 is 5.97 Å². The van der Waals surface area contributed by atoms with Crippen LogP contribution in [0.2, 0.25) is 15.1 Å². The minimum absolute atomic E-state index is 0.0423. The average molecular weight is 575 g/mol. The van der Waals surface area contributed by atoms with Crippen LogP contribution in [0.1, 0.15) is 21.7 Å². The van der Waals surface area contributed by atoms with E-state index in [1.165, 1.54) is 12.1 Å². The highest BCUT2D eigenvalue weighted by Gasteiger charge is 2.25. The fourth-order valence-electron chi connectivity index (χ4n) is 4.08. The van der Waals surface area contributed by atoms with Gasteiger partial charge in [0.15, 0.2) is 0 Å². The summed E-state index contributed by atoms with van der Waals surface area (Å²) in [5.74, 6) is -0.234. The Morgan fingerprint density at radius 2 is 1.51 bits per heavy atom. The number of aryl methyl sites for hydroxylation is 1.